The van der Waals surface area contributed by atoms with Crippen LogP contribution in [-0.4, -0.2) is 59.6 Å². The van der Waals surface area contributed by atoms with E-state index in [0.29, 0.717) is 18.5 Å². The number of rotatable bonds is 7. The smallest absolute Gasteiger partial charge is 0.329 e. The van der Waals surface area contributed by atoms with E-state index >= 15 is 0 Å². The van der Waals surface area contributed by atoms with Crippen LogP contribution in [0.4, 0.5) is 0 Å². The third kappa shape index (κ3) is 4.11. The van der Waals surface area contributed by atoms with E-state index in [9.17, 15) is 14.4 Å². The van der Waals surface area contributed by atoms with E-state index in [1.165, 1.54) is 0 Å². The highest BCUT2D eigenvalue weighted by Gasteiger charge is 2.45. The van der Waals surface area contributed by atoms with Gasteiger partial charge < -0.3 is 20.1 Å². The largest absolute Gasteiger partial charge is 0.480 e. The van der Waals surface area contributed by atoms with E-state index < -0.39 is 18.1 Å². The van der Waals surface area contributed by atoms with Crippen LogP contribution in [0.2, 0.25) is 0 Å². The fourth-order valence-electron chi connectivity index (χ4n) is 2.85. The van der Waals surface area contributed by atoms with Crippen molar-refractivity contribution in [3.05, 3.63) is 35.9 Å². The van der Waals surface area contributed by atoms with Crippen LogP contribution in [0.5, 0.6) is 0 Å². The lowest BCUT2D eigenvalue weighted by Crippen LogP contribution is -2.55. The fourth-order valence-corrected chi connectivity index (χ4v) is 2.85. The topological polar surface area (TPSA) is 95.9 Å². The molecule has 1 heterocycles. The second-order valence-corrected chi connectivity index (χ2v) is 5.90. The minimum Gasteiger partial charge on any atom is -0.480 e. The van der Waals surface area contributed by atoms with Crippen LogP contribution in [0.3, 0.4) is 0 Å². The molecular formula is C17H22N2O5. The number of carboxylic acids is 1. The van der Waals surface area contributed by atoms with E-state index in [1.54, 1.807) is 36.1 Å². The molecule has 2 N–H and O–H groups in total. The Balaban J connectivity index is 1.95. The van der Waals surface area contributed by atoms with Crippen molar-refractivity contribution in [2.75, 3.05) is 26.3 Å². The van der Waals surface area contributed by atoms with Crippen molar-refractivity contribution in [2.24, 2.45) is 0 Å². The molecule has 0 saturated carbocycles. The Hall–Kier alpha value is -2.41. The summed E-state index contributed by atoms with van der Waals surface area (Å²) in [4.78, 5) is 37.2. The lowest BCUT2D eigenvalue weighted by atomic mass is 9.97. The van der Waals surface area contributed by atoms with E-state index in [2.05, 4.69) is 5.32 Å². The second-order valence-electron chi connectivity index (χ2n) is 5.90. The van der Waals surface area contributed by atoms with Gasteiger partial charge >= 0.3 is 5.97 Å². The van der Waals surface area contributed by atoms with E-state index in [-0.39, 0.29) is 25.0 Å². The van der Waals surface area contributed by atoms with Gasteiger partial charge in [-0.25, -0.2) is 4.79 Å². The quantitative estimate of drug-likeness (QED) is 0.722. The fraction of sp³-hybridized carbons (Fsp3) is 0.471. The summed E-state index contributed by atoms with van der Waals surface area (Å²) in [6.07, 6.45) is 1.35. The Morgan fingerprint density at radius 2 is 2.00 bits per heavy atom. The minimum atomic E-state index is -1.05. The summed E-state index contributed by atoms with van der Waals surface area (Å²) < 4.78 is 4.89. The maximum atomic E-state index is 12.7. The van der Waals surface area contributed by atoms with Gasteiger partial charge in [0.25, 0.3) is 5.91 Å². The molecule has 0 spiro atoms. The van der Waals surface area contributed by atoms with Crippen molar-refractivity contribution in [1.29, 1.82) is 0 Å². The zero-order valence-electron chi connectivity index (χ0n) is 13.7. The van der Waals surface area contributed by atoms with Gasteiger partial charge in [-0.2, -0.15) is 0 Å². The first kappa shape index (κ1) is 17.9. The van der Waals surface area contributed by atoms with Crippen LogP contribution in [-0.2, 0) is 14.3 Å². The highest BCUT2D eigenvalue weighted by atomic mass is 16.5. The highest BCUT2D eigenvalue weighted by molar-refractivity contribution is 5.99. The molecule has 2 amide bonds. The van der Waals surface area contributed by atoms with Crippen LogP contribution in [0, 0.1) is 0 Å². The van der Waals surface area contributed by atoms with Crippen molar-refractivity contribution in [2.45, 2.75) is 25.3 Å². The van der Waals surface area contributed by atoms with Crippen molar-refractivity contribution in [3.8, 4) is 0 Å². The number of hydrogen-bond donors (Lipinski definition) is 2. The molecule has 1 atom stereocenters. The number of benzene rings is 1. The van der Waals surface area contributed by atoms with Gasteiger partial charge in [-0.3, -0.25) is 9.59 Å². The maximum Gasteiger partial charge on any atom is 0.329 e. The summed E-state index contributed by atoms with van der Waals surface area (Å²) in [6, 6.07) is 8.89. The summed E-state index contributed by atoms with van der Waals surface area (Å²) in [5.74, 6) is -1.46. The average molecular weight is 334 g/mol. The van der Waals surface area contributed by atoms with E-state index in [4.69, 9.17) is 9.84 Å². The summed E-state index contributed by atoms with van der Waals surface area (Å²) in [5.41, 5.74) is -0.345. The molecule has 7 heteroatoms. The first-order chi connectivity index (χ1) is 11.4. The molecule has 1 aromatic carbocycles. The number of aliphatic carboxylic acids is 1. The van der Waals surface area contributed by atoms with Crippen molar-refractivity contribution >= 4 is 17.8 Å². The van der Waals surface area contributed by atoms with E-state index in [0.717, 1.165) is 6.42 Å². The van der Waals surface area contributed by atoms with Crippen LogP contribution in [0.1, 0.15) is 30.1 Å². The van der Waals surface area contributed by atoms with Crippen LogP contribution >= 0.6 is 0 Å². The predicted molar refractivity (Wildman–Crippen MR) is 86.6 cm³/mol. The summed E-state index contributed by atoms with van der Waals surface area (Å²) >= 11 is 0. The van der Waals surface area contributed by atoms with Gasteiger partial charge in [0.15, 0.2) is 0 Å². The van der Waals surface area contributed by atoms with Crippen molar-refractivity contribution in [1.82, 2.24) is 10.2 Å². The molecule has 0 radical (unpaired) electrons. The molecule has 130 valence electrons. The lowest BCUT2D eigenvalue weighted by molar-refractivity contribution is -0.142. The molecule has 1 aromatic rings. The molecule has 1 unspecified atom stereocenters. The predicted octanol–water partition coefficient (Wildman–Crippen LogP) is 0.899. The maximum absolute atomic E-state index is 12.7. The third-order valence-electron chi connectivity index (χ3n) is 4.15. The Kier molecular flexibility index (Phi) is 5.92. The number of nitrogens with zero attached hydrogens (tertiary/aromatic N) is 1. The summed E-state index contributed by atoms with van der Waals surface area (Å²) in [7, 11) is 0. The first-order valence-electron chi connectivity index (χ1n) is 7.90. The Labute approximate surface area is 140 Å². The molecular weight excluding hydrogens is 312 g/mol. The molecule has 1 saturated heterocycles. The molecule has 0 aliphatic carbocycles. The van der Waals surface area contributed by atoms with Gasteiger partial charge in [0.2, 0.25) is 5.91 Å². The number of carboxylic acid groups (broad SMARTS) is 1. The lowest BCUT2D eigenvalue weighted by Gasteiger charge is -2.34. The van der Waals surface area contributed by atoms with Crippen LogP contribution < -0.4 is 5.32 Å². The molecule has 7 nitrogen and oxygen atoms in total. The number of carbonyl (C=O) groups excluding carboxylic acids is 2. The molecule has 1 aliphatic heterocycles. The first-order valence-corrected chi connectivity index (χ1v) is 7.90. The summed E-state index contributed by atoms with van der Waals surface area (Å²) in [5, 5.41) is 11.2. The van der Waals surface area contributed by atoms with E-state index in [1.807, 2.05) is 6.07 Å². The van der Waals surface area contributed by atoms with Gasteiger partial charge in [0.1, 0.15) is 12.1 Å². The minimum absolute atomic E-state index is 0.112. The molecule has 2 rings (SSSR count). The molecule has 0 aromatic heterocycles. The van der Waals surface area contributed by atoms with Crippen LogP contribution in [0.15, 0.2) is 30.3 Å². The number of amides is 2. The number of likely N-dealkylation sites (tertiary alicyclic amines) is 1. The van der Waals surface area contributed by atoms with Gasteiger partial charge in [0, 0.05) is 18.7 Å². The number of ether oxygens (including phenoxy) is 1. The Morgan fingerprint density at radius 1 is 1.29 bits per heavy atom. The highest BCUT2D eigenvalue weighted by Crippen LogP contribution is 2.30. The SMILES string of the molecule is CC1(C(=O)NCCOCC(=O)O)CCCN1C(=O)c1ccccc1. The normalized spacial score (nSPS) is 20.0. The molecule has 0 bridgehead atoms. The summed E-state index contributed by atoms with van der Waals surface area (Å²) in [6.45, 7) is 2.21. The number of carbonyl (C=O) groups is 3. The number of hydrogen-bond acceptors (Lipinski definition) is 4. The Morgan fingerprint density at radius 3 is 2.67 bits per heavy atom. The standard InChI is InChI=1S/C17H22N2O5/c1-17(16(23)18-9-11-24-12-14(20)21)8-5-10-19(17)15(22)13-6-3-2-4-7-13/h2-4,6-7H,5,8-12H2,1H3,(H,18,23)(H,20,21). The number of nitrogens with one attached hydrogen (secondary N) is 1. The van der Waals surface area contributed by atoms with Crippen molar-refractivity contribution in [3.63, 3.8) is 0 Å². The molecule has 1 aliphatic rings. The van der Waals surface area contributed by atoms with Gasteiger partial charge in [0.05, 0.1) is 6.61 Å². The van der Waals surface area contributed by atoms with Crippen LogP contribution in [0.25, 0.3) is 0 Å². The Bertz CT molecular complexity index is 604. The monoisotopic (exact) mass is 334 g/mol. The molecule has 1 fully saturated rings. The second kappa shape index (κ2) is 7.92. The van der Waals surface area contributed by atoms with Crippen molar-refractivity contribution < 1.29 is 24.2 Å². The van der Waals surface area contributed by atoms with Gasteiger partial charge in [-0.15, -0.1) is 0 Å². The third-order valence-corrected chi connectivity index (χ3v) is 4.15. The average Bonchev–Trinajstić information content (AvgIpc) is 2.97. The molecule has 24 heavy (non-hydrogen) atoms. The van der Waals surface area contributed by atoms with Gasteiger partial charge in [-0.1, -0.05) is 18.2 Å². The zero-order valence-corrected chi connectivity index (χ0v) is 13.7. The van der Waals surface area contributed by atoms with Gasteiger partial charge in [-0.05, 0) is 31.9 Å². The zero-order chi connectivity index (χ0) is 17.6.